The van der Waals surface area contributed by atoms with E-state index in [1.807, 2.05) is 4.90 Å². The lowest BCUT2D eigenvalue weighted by Gasteiger charge is -2.31. The maximum absolute atomic E-state index is 13.0. The first kappa shape index (κ1) is 16.6. The summed E-state index contributed by atoms with van der Waals surface area (Å²) in [5.74, 6) is -0.437. The van der Waals surface area contributed by atoms with E-state index in [1.54, 1.807) is 0 Å². The zero-order valence-corrected chi connectivity index (χ0v) is 14.1. The quantitative estimate of drug-likeness (QED) is 0.814. The molecular weight excluding hydrogens is 355 g/mol. The van der Waals surface area contributed by atoms with Crippen LogP contribution in [0.4, 0.5) is 13.2 Å². The minimum absolute atomic E-state index is 0.135. The molecule has 3 aliphatic rings. The number of carbonyl (C=O) groups is 1. The van der Waals surface area contributed by atoms with Crippen molar-refractivity contribution in [3.8, 4) is 5.75 Å². The van der Waals surface area contributed by atoms with Gasteiger partial charge >= 0.3 is 6.36 Å². The van der Waals surface area contributed by atoms with Crippen LogP contribution in [0.3, 0.4) is 0 Å². The van der Waals surface area contributed by atoms with Gasteiger partial charge in [-0.25, -0.2) is 0 Å². The molecule has 1 aromatic carbocycles. The van der Waals surface area contributed by atoms with E-state index in [0.29, 0.717) is 22.3 Å². The zero-order chi connectivity index (χ0) is 17.6. The first-order chi connectivity index (χ1) is 11.9. The summed E-state index contributed by atoms with van der Waals surface area (Å²) in [5, 5.41) is 0.573. The van der Waals surface area contributed by atoms with Crippen LogP contribution in [0.25, 0.3) is 10.1 Å². The van der Waals surface area contributed by atoms with E-state index >= 15 is 0 Å². The minimum atomic E-state index is -4.74. The van der Waals surface area contributed by atoms with Crippen LogP contribution < -0.4 is 4.74 Å². The van der Waals surface area contributed by atoms with Gasteiger partial charge in [-0.1, -0.05) is 0 Å². The van der Waals surface area contributed by atoms with Crippen LogP contribution in [0.15, 0.2) is 18.2 Å². The van der Waals surface area contributed by atoms with Gasteiger partial charge in [-0.2, -0.15) is 4.37 Å². The van der Waals surface area contributed by atoms with Crippen molar-refractivity contribution in [1.82, 2.24) is 14.2 Å². The molecule has 1 amide bonds. The van der Waals surface area contributed by atoms with E-state index in [1.165, 1.54) is 18.2 Å². The second-order valence-corrected chi connectivity index (χ2v) is 7.11. The van der Waals surface area contributed by atoms with Gasteiger partial charge in [-0.3, -0.25) is 4.79 Å². The largest absolute Gasteiger partial charge is 0.573 e. The van der Waals surface area contributed by atoms with E-state index in [-0.39, 0.29) is 17.7 Å². The molecule has 0 radical (unpaired) electrons. The number of hydrogen-bond donors (Lipinski definition) is 0. The number of nitrogens with zero attached hydrogens (tertiary/aromatic N) is 3. The number of hydrogen-bond acceptors (Lipinski definition) is 5. The Balaban J connectivity index is 1.61. The Morgan fingerprint density at radius 3 is 2.68 bits per heavy atom. The third-order valence-electron chi connectivity index (χ3n) is 4.80. The molecule has 4 heterocycles. The molecule has 2 bridgehead atoms. The molecule has 134 valence electrons. The summed E-state index contributed by atoms with van der Waals surface area (Å²) in [6.07, 6.45) is -2.83. The Kier molecular flexibility index (Phi) is 4.07. The average Bonchev–Trinajstić information content (AvgIpc) is 2.74. The normalized spacial score (nSPS) is 23.7. The number of aromatic nitrogens is 1. The van der Waals surface area contributed by atoms with Crippen LogP contribution in [0.5, 0.6) is 5.75 Å². The van der Waals surface area contributed by atoms with Gasteiger partial charge in [0.2, 0.25) is 0 Å². The minimum Gasteiger partial charge on any atom is -0.406 e. The fourth-order valence-corrected chi connectivity index (χ4v) is 4.36. The highest BCUT2D eigenvalue weighted by atomic mass is 32.1. The summed E-state index contributed by atoms with van der Waals surface area (Å²) in [6, 6.07) is 4.19. The van der Waals surface area contributed by atoms with Gasteiger partial charge in [0, 0.05) is 37.6 Å². The van der Waals surface area contributed by atoms with Crippen molar-refractivity contribution in [2.45, 2.75) is 25.2 Å². The van der Waals surface area contributed by atoms with Gasteiger partial charge in [0.25, 0.3) is 5.91 Å². The van der Waals surface area contributed by atoms with E-state index in [9.17, 15) is 18.0 Å². The van der Waals surface area contributed by atoms with Crippen LogP contribution >= 0.6 is 11.5 Å². The summed E-state index contributed by atoms with van der Waals surface area (Å²) in [5.41, 5.74) is 0.318. The lowest BCUT2D eigenvalue weighted by atomic mass is 10.0. The number of carbonyl (C=O) groups excluding carboxylic acids is 1. The molecule has 2 aromatic rings. The third kappa shape index (κ3) is 3.30. The van der Waals surface area contributed by atoms with Crippen LogP contribution in [0, 0.1) is 0 Å². The predicted octanol–water partition coefficient (Wildman–Crippen LogP) is 3.12. The summed E-state index contributed by atoms with van der Waals surface area (Å²) in [7, 11) is 0. The Bertz CT molecular complexity index is 800. The Morgan fingerprint density at radius 1 is 1.20 bits per heavy atom. The van der Waals surface area contributed by atoms with Gasteiger partial charge in [-0.05, 0) is 42.6 Å². The van der Waals surface area contributed by atoms with Crippen molar-refractivity contribution in [2.75, 3.05) is 26.2 Å². The van der Waals surface area contributed by atoms with E-state index in [4.69, 9.17) is 0 Å². The number of halogens is 3. The molecule has 5 rings (SSSR count). The standard InChI is InChI=1S/C16H16F3N3O2S/c17-16(18,19)24-11-1-2-12-13(9-11)25-20-14(12)15(23)22-8-7-21-5-3-10(22)4-6-21/h1-2,9-10H,3-8H2. The van der Waals surface area contributed by atoms with Gasteiger partial charge in [0.15, 0.2) is 0 Å². The molecule has 0 unspecified atom stereocenters. The zero-order valence-electron chi connectivity index (χ0n) is 13.3. The molecule has 0 aliphatic carbocycles. The van der Waals surface area contributed by atoms with E-state index in [2.05, 4.69) is 14.0 Å². The van der Waals surface area contributed by atoms with Gasteiger partial charge in [0.05, 0.1) is 4.70 Å². The maximum atomic E-state index is 13.0. The molecule has 0 spiro atoms. The SMILES string of the molecule is O=C(c1nsc2cc(OC(F)(F)F)ccc12)N1CCN2CCC1CC2. The molecule has 3 aliphatic heterocycles. The summed E-state index contributed by atoms with van der Waals surface area (Å²) in [4.78, 5) is 17.2. The molecule has 5 nitrogen and oxygen atoms in total. The van der Waals surface area contributed by atoms with Crippen LogP contribution in [0.2, 0.25) is 0 Å². The number of ether oxygens (including phenoxy) is 1. The first-order valence-corrected chi connectivity index (χ1v) is 8.86. The summed E-state index contributed by atoms with van der Waals surface area (Å²) >= 11 is 1.02. The highest BCUT2D eigenvalue weighted by Gasteiger charge is 2.34. The number of piperidine rings is 1. The van der Waals surface area contributed by atoms with Crippen molar-refractivity contribution in [3.05, 3.63) is 23.9 Å². The van der Waals surface area contributed by atoms with Crippen LogP contribution in [-0.2, 0) is 0 Å². The van der Waals surface area contributed by atoms with Gasteiger partial charge < -0.3 is 14.5 Å². The smallest absolute Gasteiger partial charge is 0.406 e. The van der Waals surface area contributed by atoms with Gasteiger partial charge in [-0.15, -0.1) is 13.2 Å². The molecule has 0 N–H and O–H groups in total. The molecule has 3 saturated heterocycles. The molecule has 25 heavy (non-hydrogen) atoms. The lowest BCUT2D eigenvalue weighted by molar-refractivity contribution is -0.274. The van der Waals surface area contributed by atoms with E-state index < -0.39 is 6.36 Å². The monoisotopic (exact) mass is 371 g/mol. The van der Waals surface area contributed by atoms with Crippen molar-refractivity contribution < 1.29 is 22.7 Å². The number of alkyl halides is 3. The number of fused-ring (bicyclic) bond motifs is 5. The van der Waals surface area contributed by atoms with Crippen LogP contribution in [-0.4, -0.2) is 58.7 Å². The Labute approximate surface area is 146 Å². The summed E-state index contributed by atoms with van der Waals surface area (Å²) < 4.78 is 45.7. The summed E-state index contributed by atoms with van der Waals surface area (Å²) in [6.45, 7) is 3.53. The van der Waals surface area contributed by atoms with Gasteiger partial charge in [0.1, 0.15) is 11.4 Å². The highest BCUT2D eigenvalue weighted by molar-refractivity contribution is 7.13. The fourth-order valence-electron chi connectivity index (χ4n) is 3.56. The van der Waals surface area contributed by atoms with Crippen molar-refractivity contribution in [2.24, 2.45) is 0 Å². The fraction of sp³-hybridized carbons (Fsp3) is 0.500. The molecule has 3 fully saturated rings. The number of amides is 1. The second kappa shape index (κ2) is 6.14. The first-order valence-electron chi connectivity index (χ1n) is 8.09. The number of rotatable bonds is 2. The molecule has 9 heteroatoms. The molecular formula is C16H16F3N3O2S. The van der Waals surface area contributed by atoms with Crippen molar-refractivity contribution in [3.63, 3.8) is 0 Å². The highest BCUT2D eigenvalue weighted by Crippen LogP contribution is 2.32. The number of benzene rings is 1. The van der Waals surface area contributed by atoms with Crippen molar-refractivity contribution in [1.29, 1.82) is 0 Å². The van der Waals surface area contributed by atoms with Crippen molar-refractivity contribution >= 4 is 27.5 Å². The van der Waals surface area contributed by atoms with Crippen LogP contribution in [0.1, 0.15) is 23.3 Å². The van der Waals surface area contributed by atoms with E-state index in [0.717, 1.165) is 44.0 Å². The molecule has 0 saturated carbocycles. The predicted molar refractivity (Wildman–Crippen MR) is 86.8 cm³/mol. The molecule has 1 aromatic heterocycles. The second-order valence-electron chi connectivity index (χ2n) is 6.31. The third-order valence-corrected chi connectivity index (χ3v) is 5.60. The Morgan fingerprint density at radius 2 is 1.96 bits per heavy atom. The maximum Gasteiger partial charge on any atom is 0.573 e. The lowest BCUT2D eigenvalue weighted by Crippen LogP contribution is -2.41. The topological polar surface area (TPSA) is 45.7 Å². The Hall–Kier alpha value is -1.87. The average molecular weight is 371 g/mol. The molecule has 0 atom stereocenters.